The predicted octanol–water partition coefficient (Wildman–Crippen LogP) is 0.892. The molecular formula is C14H17N3O3. The summed E-state index contributed by atoms with van der Waals surface area (Å²) in [7, 11) is 3.25. The van der Waals surface area contributed by atoms with Gasteiger partial charge in [-0.2, -0.15) is 5.10 Å². The number of hydrogen-bond donors (Lipinski definition) is 2. The smallest absolute Gasteiger partial charge is 0.269 e. The fourth-order valence-corrected chi connectivity index (χ4v) is 1.84. The van der Waals surface area contributed by atoms with Crippen LogP contribution in [0, 0.1) is 0 Å². The van der Waals surface area contributed by atoms with Gasteiger partial charge >= 0.3 is 0 Å². The number of carbonyl (C=O) groups is 1. The summed E-state index contributed by atoms with van der Waals surface area (Å²) < 4.78 is 6.57. The number of aryl methyl sites for hydroxylation is 1. The Kier molecular flexibility index (Phi) is 4.37. The molecule has 6 heteroatoms. The standard InChI is InChI=1S/C14H17N3O3/c1-17-12(6-7-16-17)14(19)15-9-13(18)10-4-3-5-11(8-10)20-2/h3-8,13,18H,9H2,1-2H3,(H,15,19). The number of ether oxygens (including phenoxy) is 1. The number of methoxy groups -OCH3 is 1. The number of nitrogens with one attached hydrogen (secondary N) is 1. The quantitative estimate of drug-likeness (QED) is 0.849. The molecule has 1 atom stereocenters. The largest absolute Gasteiger partial charge is 0.497 e. The molecular weight excluding hydrogens is 258 g/mol. The number of rotatable bonds is 5. The average Bonchev–Trinajstić information content (AvgIpc) is 2.90. The van der Waals surface area contributed by atoms with Gasteiger partial charge in [-0.15, -0.1) is 0 Å². The molecule has 2 aromatic rings. The average molecular weight is 275 g/mol. The molecule has 0 bridgehead atoms. The molecule has 0 saturated carbocycles. The number of hydrogen-bond acceptors (Lipinski definition) is 4. The van der Waals surface area contributed by atoms with Crippen molar-refractivity contribution in [3.63, 3.8) is 0 Å². The lowest BCUT2D eigenvalue weighted by Gasteiger charge is -2.13. The van der Waals surface area contributed by atoms with E-state index in [9.17, 15) is 9.90 Å². The van der Waals surface area contributed by atoms with Gasteiger partial charge in [0.1, 0.15) is 11.4 Å². The van der Waals surface area contributed by atoms with Crippen molar-refractivity contribution in [3.8, 4) is 5.75 Å². The molecule has 0 fully saturated rings. The van der Waals surface area contributed by atoms with Crippen LogP contribution in [-0.4, -0.2) is 34.4 Å². The molecule has 0 radical (unpaired) electrons. The summed E-state index contributed by atoms with van der Waals surface area (Å²) in [4.78, 5) is 11.9. The van der Waals surface area contributed by atoms with Crippen molar-refractivity contribution in [2.45, 2.75) is 6.10 Å². The highest BCUT2D eigenvalue weighted by atomic mass is 16.5. The highest BCUT2D eigenvalue weighted by Crippen LogP contribution is 2.18. The zero-order valence-corrected chi connectivity index (χ0v) is 11.4. The molecule has 1 unspecified atom stereocenters. The lowest BCUT2D eigenvalue weighted by Crippen LogP contribution is -2.29. The van der Waals surface area contributed by atoms with Crippen molar-refractivity contribution < 1.29 is 14.6 Å². The molecule has 1 aromatic carbocycles. The Bertz CT molecular complexity index is 595. The summed E-state index contributed by atoms with van der Waals surface area (Å²) in [6.07, 6.45) is 0.759. The van der Waals surface area contributed by atoms with E-state index in [1.54, 1.807) is 50.7 Å². The highest BCUT2D eigenvalue weighted by molar-refractivity contribution is 5.92. The van der Waals surface area contributed by atoms with E-state index in [2.05, 4.69) is 10.4 Å². The van der Waals surface area contributed by atoms with Crippen molar-refractivity contribution in [1.82, 2.24) is 15.1 Å². The topological polar surface area (TPSA) is 76.4 Å². The van der Waals surface area contributed by atoms with Gasteiger partial charge in [-0.1, -0.05) is 12.1 Å². The number of aromatic nitrogens is 2. The summed E-state index contributed by atoms with van der Waals surface area (Å²) >= 11 is 0. The summed E-state index contributed by atoms with van der Waals surface area (Å²) in [6.45, 7) is 0.122. The Morgan fingerprint density at radius 3 is 2.95 bits per heavy atom. The Balaban J connectivity index is 1.96. The van der Waals surface area contributed by atoms with Crippen molar-refractivity contribution in [2.75, 3.05) is 13.7 Å². The molecule has 0 saturated heterocycles. The fourth-order valence-electron chi connectivity index (χ4n) is 1.84. The first-order chi connectivity index (χ1) is 9.61. The van der Waals surface area contributed by atoms with E-state index in [0.717, 1.165) is 0 Å². The first-order valence-electron chi connectivity index (χ1n) is 6.20. The second-order valence-electron chi connectivity index (χ2n) is 4.34. The molecule has 2 N–H and O–H groups in total. The van der Waals surface area contributed by atoms with Crippen molar-refractivity contribution in [2.24, 2.45) is 7.05 Å². The van der Waals surface area contributed by atoms with E-state index >= 15 is 0 Å². The van der Waals surface area contributed by atoms with Gasteiger partial charge in [0.15, 0.2) is 0 Å². The maximum Gasteiger partial charge on any atom is 0.269 e. The van der Waals surface area contributed by atoms with Crippen molar-refractivity contribution in [3.05, 3.63) is 47.8 Å². The van der Waals surface area contributed by atoms with Crippen molar-refractivity contribution in [1.29, 1.82) is 0 Å². The van der Waals surface area contributed by atoms with Gasteiger partial charge < -0.3 is 15.2 Å². The third kappa shape index (κ3) is 3.16. The number of benzene rings is 1. The van der Waals surface area contributed by atoms with Crippen molar-refractivity contribution >= 4 is 5.91 Å². The normalized spacial score (nSPS) is 11.9. The first-order valence-corrected chi connectivity index (χ1v) is 6.20. The third-order valence-electron chi connectivity index (χ3n) is 2.99. The molecule has 6 nitrogen and oxygen atoms in total. The Hall–Kier alpha value is -2.34. The Morgan fingerprint density at radius 1 is 1.50 bits per heavy atom. The van der Waals surface area contributed by atoms with Crippen LogP contribution in [0.1, 0.15) is 22.2 Å². The van der Waals surface area contributed by atoms with E-state index in [0.29, 0.717) is 17.0 Å². The number of nitrogens with zero attached hydrogens (tertiary/aromatic N) is 2. The number of aliphatic hydroxyl groups excluding tert-OH is 1. The van der Waals surface area contributed by atoms with Crippen LogP contribution >= 0.6 is 0 Å². The minimum Gasteiger partial charge on any atom is -0.497 e. The van der Waals surface area contributed by atoms with Gasteiger partial charge in [-0.25, -0.2) is 0 Å². The summed E-state index contributed by atoms with van der Waals surface area (Å²) in [6, 6.07) is 8.72. The Morgan fingerprint density at radius 2 is 2.30 bits per heavy atom. The van der Waals surface area contributed by atoms with Crippen LogP contribution < -0.4 is 10.1 Å². The van der Waals surface area contributed by atoms with E-state index in [1.165, 1.54) is 4.68 Å². The van der Waals surface area contributed by atoms with Crippen LogP contribution in [0.25, 0.3) is 0 Å². The molecule has 1 aromatic heterocycles. The third-order valence-corrected chi connectivity index (χ3v) is 2.99. The lowest BCUT2D eigenvalue weighted by molar-refractivity contribution is 0.0907. The van der Waals surface area contributed by atoms with Crippen LogP contribution in [0.3, 0.4) is 0 Å². The summed E-state index contributed by atoms with van der Waals surface area (Å²) in [5, 5.41) is 16.7. The molecule has 0 spiro atoms. The number of aliphatic hydroxyl groups is 1. The number of carbonyl (C=O) groups excluding carboxylic acids is 1. The molecule has 106 valence electrons. The predicted molar refractivity (Wildman–Crippen MR) is 73.5 cm³/mol. The minimum atomic E-state index is -0.790. The van der Waals surface area contributed by atoms with E-state index < -0.39 is 6.10 Å². The summed E-state index contributed by atoms with van der Waals surface area (Å²) in [5.41, 5.74) is 1.14. The van der Waals surface area contributed by atoms with E-state index in [-0.39, 0.29) is 12.5 Å². The monoisotopic (exact) mass is 275 g/mol. The van der Waals surface area contributed by atoms with Crippen LogP contribution in [-0.2, 0) is 7.05 Å². The van der Waals surface area contributed by atoms with Crippen LogP contribution in [0.15, 0.2) is 36.5 Å². The van der Waals surface area contributed by atoms with Crippen LogP contribution in [0.2, 0.25) is 0 Å². The van der Waals surface area contributed by atoms with Gasteiger partial charge in [0.2, 0.25) is 0 Å². The van der Waals surface area contributed by atoms with Gasteiger partial charge in [-0.05, 0) is 23.8 Å². The maximum absolute atomic E-state index is 11.9. The van der Waals surface area contributed by atoms with E-state index in [4.69, 9.17) is 4.74 Å². The molecule has 0 aliphatic heterocycles. The van der Waals surface area contributed by atoms with Crippen LogP contribution in [0.4, 0.5) is 0 Å². The molecule has 1 amide bonds. The second kappa shape index (κ2) is 6.21. The maximum atomic E-state index is 11.9. The minimum absolute atomic E-state index is 0.122. The van der Waals surface area contributed by atoms with E-state index in [1.807, 2.05) is 0 Å². The molecule has 20 heavy (non-hydrogen) atoms. The molecule has 0 aliphatic rings. The summed E-state index contributed by atoms with van der Waals surface area (Å²) in [5.74, 6) is 0.395. The van der Waals surface area contributed by atoms with Gasteiger partial charge in [0.25, 0.3) is 5.91 Å². The fraction of sp³-hybridized carbons (Fsp3) is 0.286. The molecule has 2 rings (SSSR count). The first kappa shape index (κ1) is 14.1. The zero-order chi connectivity index (χ0) is 14.5. The molecule has 1 heterocycles. The van der Waals surface area contributed by atoms with Gasteiger partial charge in [0, 0.05) is 19.8 Å². The highest BCUT2D eigenvalue weighted by Gasteiger charge is 2.13. The van der Waals surface area contributed by atoms with Gasteiger partial charge in [-0.3, -0.25) is 9.48 Å². The molecule has 0 aliphatic carbocycles. The van der Waals surface area contributed by atoms with Gasteiger partial charge in [0.05, 0.1) is 13.2 Å². The number of amides is 1. The van der Waals surface area contributed by atoms with Crippen LogP contribution in [0.5, 0.6) is 5.75 Å². The lowest BCUT2D eigenvalue weighted by atomic mass is 10.1. The second-order valence-corrected chi connectivity index (χ2v) is 4.34. The SMILES string of the molecule is COc1cccc(C(O)CNC(=O)c2ccnn2C)c1. The zero-order valence-electron chi connectivity index (χ0n) is 11.4. The Labute approximate surface area is 117 Å².